The third kappa shape index (κ3) is 2.03. The second-order valence-corrected chi connectivity index (χ2v) is 4.58. The quantitative estimate of drug-likeness (QED) is 0.676. The highest BCUT2D eigenvalue weighted by atomic mass is 16.1. The number of aryl methyl sites for hydroxylation is 2. The molecule has 0 bridgehead atoms. The Morgan fingerprint density at radius 3 is 2.43 bits per heavy atom. The lowest BCUT2D eigenvalue weighted by Gasteiger charge is -2.15. The van der Waals surface area contributed by atoms with Crippen LogP contribution in [-0.4, -0.2) is 15.6 Å². The van der Waals surface area contributed by atoms with Gasteiger partial charge in [0.2, 0.25) is 0 Å². The zero-order valence-corrected chi connectivity index (χ0v) is 9.59. The summed E-state index contributed by atoms with van der Waals surface area (Å²) >= 11 is 0. The van der Waals surface area contributed by atoms with Crippen LogP contribution in [0.5, 0.6) is 0 Å². The van der Waals surface area contributed by atoms with Gasteiger partial charge in [-0.3, -0.25) is 9.48 Å². The van der Waals surface area contributed by atoms with Gasteiger partial charge in [-0.05, 0) is 12.5 Å². The van der Waals surface area contributed by atoms with Crippen LogP contribution in [0.1, 0.15) is 43.9 Å². The summed E-state index contributed by atoms with van der Waals surface area (Å²) in [7, 11) is 1.82. The average Bonchev–Trinajstić information content (AvgIpc) is 2.43. The lowest BCUT2D eigenvalue weighted by atomic mass is 9.89. The van der Waals surface area contributed by atoms with Crippen LogP contribution < -0.4 is 0 Å². The summed E-state index contributed by atoms with van der Waals surface area (Å²) in [5.74, 6) is 0.146. The topological polar surface area (TPSA) is 34.9 Å². The molecule has 14 heavy (non-hydrogen) atoms. The summed E-state index contributed by atoms with van der Waals surface area (Å²) in [6.07, 6.45) is 0.866. The summed E-state index contributed by atoms with van der Waals surface area (Å²) < 4.78 is 1.67. The van der Waals surface area contributed by atoms with E-state index in [1.54, 1.807) is 4.68 Å². The standard InChI is InChI=1S/C11H18N2O/c1-6-8-7-9(13(5)12-8)10(14)11(2,3)4/h7H,6H2,1-5H3. The number of rotatable bonds is 2. The maximum Gasteiger partial charge on any atom is 0.186 e. The number of nitrogens with zero attached hydrogens (tertiary/aromatic N) is 2. The molecule has 1 rings (SSSR count). The zero-order valence-electron chi connectivity index (χ0n) is 9.59. The van der Waals surface area contributed by atoms with Gasteiger partial charge in [-0.2, -0.15) is 5.10 Å². The van der Waals surface area contributed by atoms with Crippen molar-refractivity contribution < 1.29 is 4.79 Å². The number of aromatic nitrogens is 2. The molecule has 1 aromatic heterocycles. The van der Waals surface area contributed by atoms with Crippen LogP contribution in [0.15, 0.2) is 6.07 Å². The Hall–Kier alpha value is -1.12. The Labute approximate surface area is 85.1 Å². The molecule has 0 N–H and O–H groups in total. The maximum absolute atomic E-state index is 12.0. The number of carbonyl (C=O) groups is 1. The first-order chi connectivity index (χ1) is 6.36. The van der Waals surface area contributed by atoms with Gasteiger partial charge in [-0.1, -0.05) is 27.7 Å². The van der Waals surface area contributed by atoms with Crippen LogP contribution in [0.4, 0.5) is 0 Å². The number of carbonyl (C=O) groups excluding carboxylic acids is 1. The van der Waals surface area contributed by atoms with Crippen molar-refractivity contribution >= 4 is 5.78 Å². The SMILES string of the molecule is CCc1cc(C(=O)C(C)(C)C)n(C)n1. The fourth-order valence-corrected chi connectivity index (χ4v) is 1.30. The molecule has 0 atom stereocenters. The zero-order chi connectivity index (χ0) is 10.9. The minimum Gasteiger partial charge on any atom is -0.292 e. The summed E-state index contributed by atoms with van der Waals surface area (Å²) in [4.78, 5) is 12.0. The molecule has 0 radical (unpaired) electrons. The smallest absolute Gasteiger partial charge is 0.186 e. The maximum atomic E-state index is 12.0. The van der Waals surface area contributed by atoms with Crippen molar-refractivity contribution in [2.75, 3.05) is 0 Å². The van der Waals surface area contributed by atoms with E-state index in [-0.39, 0.29) is 11.2 Å². The van der Waals surface area contributed by atoms with E-state index in [9.17, 15) is 4.79 Å². The van der Waals surface area contributed by atoms with Crippen molar-refractivity contribution in [1.29, 1.82) is 0 Å². The van der Waals surface area contributed by atoms with Gasteiger partial charge < -0.3 is 0 Å². The van der Waals surface area contributed by atoms with Gasteiger partial charge in [0.05, 0.1) is 5.69 Å². The third-order valence-corrected chi connectivity index (χ3v) is 2.21. The molecule has 0 unspecified atom stereocenters. The van der Waals surface area contributed by atoms with Crippen molar-refractivity contribution in [2.24, 2.45) is 12.5 Å². The number of ketones is 1. The van der Waals surface area contributed by atoms with Crippen molar-refractivity contribution in [3.05, 3.63) is 17.5 Å². The largest absolute Gasteiger partial charge is 0.292 e. The summed E-state index contributed by atoms with van der Waals surface area (Å²) in [5, 5.41) is 4.26. The molecule has 0 saturated heterocycles. The van der Waals surface area contributed by atoms with Crippen LogP contribution >= 0.6 is 0 Å². The molecule has 1 heterocycles. The van der Waals surface area contributed by atoms with Crippen molar-refractivity contribution in [2.45, 2.75) is 34.1 Å². The van der Waals surface area contributed by atoms with E-state index in [1.165, 1.54) is 0 Å². The predicted molar refractivity (Wildman–Crippen MR) is 56.4 cm³/mol. The average molecular weight is 194 g/mol. The Bertz CT molecular complexity index is 345. The number of hydrogen-bond donors (Lipinski definition) is 0. The molecule has 0 amide bonds. The van der Waals surface area contributed by atoms with Crippen LogP contribution in [0.25, 0.3) is 0 Å². The highest BCUT2D eigenvalue weighted by Crippen LogP contribution is 2.20. The van der Waals surface area contributed by atoms with Gasteiger partial charge in [0.25, 0.3) is 0 Å². The highest BCUT2D eigenvalue weighted by molar-refractivity contribution is 5.98. The lowest BCUT2D eigenvalue weighted by molar-refractivity contribution is 0.0848. The first-order valence-corrected chi connectivity index (χ1v) is 4.94. The number of hydrogen-bond acceptors (Lipinski definition) is 2. The molecule has 0 aliphatic heterocycles. The van der Waals surface area contributed by atoms with E-state index >= 15 is 0 Å². The van der Waals surface area contributed by atoms with Crippen LogP contribution in [0, 0.1) is 5.41 Å². The predicted octanol–water partition coefficient (Wildman–Crippen LogP) is 2.21. The molecule has 0 aromatic carbocycles. The van der Waals surface area contributed by atoms with Gasteiger partial charge in [0.15, 0.2) is 5.78 Å². The summed E-state index contributed by atoms with van der Waals surface area (Å²) in [6, 6.07) is 1.88. The van der Waals surface area contributed by atoms with Gasteiger partial charge in [0.1, 0.15) is 5.69 Å². The summed E-state index contributed by atoms with van der Waals surface area (Å²) in [5.41, 5.74) is 1.34. The number of Topliss-reactive ketones (excluding diaryl/α,β-unsaturated/α-hetero) is 1. The van der Waals surface area contributed by atoms with Crippen LogP contribution in [-0.2, 0) is 13.5 Å². The van der Waals surface area contributed by atoms with E-state index in [1.807, 2.05) is 40.8 Å². The first-order valence-electron chi connectivity index (χ1n) is 4.94. The van der Waals surface area contributed by atoms with Gasteiger partial charge >= 0.3 is 0 Å². The molecule has 3 nitrogen and oxygen atoms in total. The van der Waals surface area contributed by atoms with Gasteiger partial charge in [0, 0.05) is 12.5 Å². The van der Waals surface area contributed by atoms with E-state index in [0.29, 0.717) is 5.69 Å². The molecular weight excluding hydrogens is 176 g/mol. The minimum absolute atomic E-state index is 0.146. The van der Waals surface area contributed by atoms with Crippen molar-refractivity contribution in [1.82, 2.24) is 9.78 Å². The van der Waals surface area contributed by atoms with Gasteiger partial charge in [-0.25, -0.2) is 0 Å². The highest BCUT2D eigenvalue weighted by Gasteiger charge is 2.25. The second kappa shape index (κ2) is 3.56. The molecule has 0 spiro atoms. The van der Waals surface area contributed by atoms with Crippen molar-refractivity contribution in [3.8, 4) is 0 Å². The molecular formula is C11H18N2O. The Kier molecular flexibility index (Phi) is 2.79. The fourth-order valence-electron chi connectivity index (χ4n) is 1.30. The van der Waals surface area contributed by atoms with E-state index in [4.69, 9.17) is 0 Å². The van der Waals surface area contributed by atoms with Crippen LogP contribution in [0.2, 0.25) is 0 Å². The molecule has 1 aromatic rings. The molecule has 78 valence electrons. The van der Waals surface area contributed by atoms with E-state index in [0.717, 1.165) is 12.1 Å². The Morgan fingerprint density at radius 2 is 2.07 bits per heavy atom. The minimum atomic E-state index is -0.335. The second-order valence-electron chi connectivity index (χ2n) is 4.58. The fraction of sp³-hybridized carbons (Fsp3) is 0.636. The Balaban J connectivity index is 3.07. The third-order valence-electron chi connectivity index (χ3n) is 2.21. The monoisotopic (exact) mass is 194 g/mol. The first kappa shape index (κ1) is 11.0. The molecule has 0 aliphatic rings. The Morgan fingerprint density at radius 1 is 1.50 bits per heavy atom. The van der Waals surface area contributed by atoms with E-state index < -0.39 is 0 Å². The lowest BCUT2D eigenvalue weighted by Crippen LogP contribution is -2.22. The molecule has 0 aliphatic carbocycles. The molecule has 0 fully saturated rings. The molecule has 3 heteroatoms. The normalized spacial score (nSPS) is 11.8. The van der Waals surface area contributed by atoms with Crippen LogP contribution in [0.3, 0.4) is 0 Å². The molecule has 0 saturated carbocycles. The van der Waals surface area contributed by atoms with Crippen molar-refractivity contribution in [3.63, 3.8) is 0 Å². The van der Waals surface area contributed by atoms with Gasteiger partial charge in [-0.15, -0.1) is 0 Å². The summed E-state index contributed by atoms with van der Waals surface area (Å²) in [6.45, 7) is 7.81. The van der Waals surface area contributed by atoms with E-state index in [2.05, 4.69) is 5.10 Å².